The van der Waals surface area contributed by atoms with E-state index in [1.54, 1.807) is 0 Å². The van der Waals surface area contributed by atoms with E-state index in [1.165, 1.54) is 0 Å². The summed E-state index contributed by atoms with van der Waals surface area (Å²) in [4.78, 5) is 51.6. The number of carboxylic acids is 1. The van der Waals surface area contributed by atoms with Crippen LogP contribution in [0.3, 0.4) is 0 Å². The average molecular weight is 695 g/mol. The van der Waals surface area contributed by atoms with E-state index in [1.807, 2.05) is 20.8 Å². The van der Waals surface area contributed by atoms with E-state index in [9.17, 15) is 19.5 Å². The van der Waals surface area contributed by atoms with Crippen LogP contribution in [0.1, 0.15) is 124 Å². The van der Waals surface area contributed by atoms with Crippen molar-refractivity contribution in [3.63, 3.8) is 0 Å². The molecule has 10 heteroatoms. The second kappa shape index (κ2) is 16.6. The molecule has 3 aliphatic rings. The quantitative estimate of drug-likeness (QED) is 0.0802. The number of ether oxygens (including phenoxy) is 2. The molecule has 1 aromatic rings. The Morgan fingerprint density at radius 2 is 1.36 bits per heavy atom. The predicted molar refractivity (Wildman–Crippen MR) is 193 cm³/mol. The summed E-state index contributed by atoms with van der Waals surface area (Å²) in [5, 5.41) is 18.4. The number of rotatable bonds is 13. The van der Waals surface area contributed by atoms with Gasteiger partial charge in [0, 0.05) is 30.4 Å². The van der Waals surface area contributed by atoms with Gasteiger partial charge >= 0.3 is 17.9 Å². The molecule has 4 rings (SSSR count). The number of carbonyl (C=O) groups is 3. The normalized spacial score (nSPS) is 29.4. The Bertz CT molecular complexity index is 1540. The minimum Gasteiger partial charge on any atom is -0.481 e. The van der Waals surface area contributed by atoms with Crippen LogP contribution in [0.4, 0.5) is 0 Å². The highest BCUT2D eigenvalue weighted by Crippen LogP contribution is 2.43. The number of hydrogen-bond acceptors (Lipinski definition) is 8. The van der Waals surface area contributed by atoms with E-state index in [0.29, 0.717) is 71.0 Å². The zero-order chi connectivity index (χ0) is 37.0. The summed E-state index contributed by atoms with van der Waals surface area (Å²) in [6.07, 6.45) is 5.20. The molecule has 0 radical (unpaired) electrons. The van der Waals surface area contributed by atoms with Crippen molar-refractivity contribution in [3.8, 4) is 5.75 Å². The lowest BCUT2D eigenvalue weighted by Crippen LogP contribution is -2.37. The van der Waals surface area contributed by atoms with Crippen molar-refractivity contribution in [1.29, 1.82) is 0 Å². The lowest BCUT2D eigenvalue weighted by Gasteiger charge is -2.36. The molecule has 50 heavy (non-hydrogen) atoms. The van der Waals surface area contributed by atoms with Crippen molar-refractivity contribution in [2.75, 3.05) is 0 Å². The highest BCUT2D eigenvalue weighted by Gasteiger charge is 2.40. The van der Waals surface area contributed by atoms with Gasteiger partial charge in [-0.25, -0.2) is 10.2 Å². The van der Waals surface area contributed by atoms with Gasteiger partial charge in [0.1, 0.15) is 5.76 Å². The molecule has 0 bridgehead atoms. The van der Waals surface area contributed by atoms with Gasteiger partial charge in [-0.05, 0) is 100 Å². The predicted octanol–water partition coefficient (Wildman–Crippen LogP) is 9.06. The smallest absolute Gasteiger partial charge is 0.314 e. The summed E-state index contributed by atoms with van der Waals surface area (Å²) in [5.41, 5.74) is 4.76. The minimum atomic E-state index is -0.888. The molecule has 2 fully saturated rings. The van der Waals surface area contributed by atoms with Crippen LogP contribution in [-0.2, 0) is 30.4 Å². The van der Waals surface area contributed by atoms with Crippen LogP contribution in [0.25, 0.3) is 5.57 Å². The first-order valence-corrected chi connectivity index (χ1v) is 18.4. The highest BCUT2D eigenvalue weighted by atomic mass is 17.1. The van der Waals surface area contributed by atoms with E-state index in [0.717, 1.165) is 36.8 Å². The Labute approximate surface area is 297 Å². The molecular formula is C40H58N2O8. The molecule has 0 amide bonds. The van der Waals surface area contributed by atoms with Gasteiger partial charge in [-0.1, -0.05) is 48.1 Å². The van der Waals surface area contributed by atoms with Crippen molar-refractivity contribution in [2.45, 2.75) is 120 Å². The summed E-state index contributed by atoms with van der Waals surface area (Å²) in [6, 6.07) is 0. The first kappa shape index (κ1) is 39.1. The van der Waals surface area contributed by atoms with Gasteiger partial charge in [0.15, 0.2) is 11.5 Å². The van der Waals surface area contributed by atoms with Crippen LogP contribution in [0.2, 0.25) is 0 Å². The van der Waals surface area contributed by atoms with E-state index in [4.69, 9.17) is 19.7 Å². The molecular weight excluding hydrogens is 636 g/mol. The molecule has 3 N–H and O–H groups in total. The van der Waals surface area contributed by atoms with Gasteiger partial charge in [0.2, 0.25) is 0 Å². The Morgan fingerprint density at radius 1 is 0.840 bits per heavy atom. The fourth-order valence-corrected chi connectivity index (χ4v) is 9.14. The maximum absolute atomic E-state index is 13.8. The van der Waals surface area contributed by atoms with E-state index in [2.05, 4.69) is 58.0 Å². The molecule has 4 atom stereocenters. The van der Waals surface area contributed by atoms with Crippen LogP contribution in [0.15, 0.2) is 34.4 Å². The SMILES string of the molecule is C=C(CCC1=NC(=C(C)c2[nH]c(CCCC(=O)O)c(OC(=O)C3C(C)CC(C)CC3C)c2C)C(C)=C1OC(=O)C1C(C)CC(C)CC1C)OO. The van der Waals surface area contributed by atoms with Gasteiger partial charge in [-0.2, -0.15) is 0 Å². The summed E-state index contributed by atoms with van der Waals surface area (Å²) < 4.78 is 12.5. The number of esters is 2. The lowest BCUT2D eigenvalue weighted by molar-refractivity contribution is -0.204. The molecule has 0 spiro atoms. The summed E-state index contributed by atoms with van der Waals surface area (Å²) >= 11 is 0. The number of nitrogens with one attached hydrogen (secondary N) is 1. The number of aliphatic carboxylic acids is 1. The molecule has 0 saturated heterocycles. The number of carbonyl (C=O) groups excluding carboxylic acids is 2. The Kier molecular flexibility index (Phi) is 13.0. The van der Waals surface area contributed by atoms with Gasteiger partial charge in [0.25, 0.3) is 0 Å². The maximum atomic E-state index is 13.8. The largest absolute Gasteiger partial charge is 0.481 e. The molecule has 1 aromatic heterocycles. The van der Waals surface area contributed by atoms with E-state index < -0.39 is 5.97 Å². The van der Waals surface area contributed by atoms with Crippen molar-refractivity contribution in [3.05, 3.63) is 46.3 Å². The van der Waals surface area contributed by atoms with Crippen LogP contribution < -0.4 is 4.74 Å². The molecule has 10 nitrogen and oxygen atoms in total. The second-order valence-corrected chi connectivity index (χ2v) is 15.8. The van der Waals surface area contributed by atoms with Gasteiger partial charge in [0.05, 0.1) is 34.6 Å². The van der Waals surface area contributed by atoms with E-state index in [-0.39, 0.29) is 66.0 Å². The number of H-pyrrole nitrogens is 1. The zero-order valence-corrected chi connectivity index (χ0v) is 31.5. The minimum absolute atomic E-state index is 0.0142. The molecule has 1 aliphatic heterocycles. The summed E-state index contributed by atoms with van der Waals surface area (Å²) in [7, 11) is 0. The summed E-state index contributed by atoms with van der Waals surface area (Å²) in [5.74, 6) is 1.01. The molecule has 0 aromatic carbocycles. The van der Waals surface area contributed by atoms with Gasteiger partial charge < -0.3 is 24.5 Å². The number of allylic oxidation sites excluding steroid dienone is 4. The number of aromatic nitrogens is 1. The molecule has 4 unspecified atom stereocenters. The molecule has 2 saturated carbocycles. The summed E-state index contributed by atoms with van der Waals surface area (Å²) in [6.45, 7) is 22.3. The number of aromatic amines is 1. The van der Waals surface area contributed by atoms with Crippen molar-refractivity contribution >= 4 is 29.2 Å². The van der Waals surface area contributed by atoms with Gasteiger partial charge in [-0.15, -0.1) is 0 Å². The van der Waals surface area contributed by atoms with Crippen LogP contribution >= 0.6 is 0 Å². The Morgan fingerprint density at radius 3 is 1.86 bits per heavy atom. The van der Waals surface area contributed by atoms with E-state index >= 15 is 0 Å². The third-order valence-corrected chi connectivity index (χ3v) is 11.3. The van der Waals surface area contributed by atoms with Crippen LogP contribution in [0, 0.1) is 54.3 Å². The van der Waals surface area contributed by atoms with Crippen molar-refractivity contribution in [2.24, 2.45) is 52.3 Å². The monoisotopic (exact) mass is 694 g/mol. The molecule has 2 heterocycles. The van der Waals surface area contributed by atoms with Crippen molar-refractivity contribution in [1.82, 2.24) is 4.98 Å². The first-order valence-electron chi connectivity index (χ1n) is 18.4. The Hall–Kier alpha value is -3.66. The number of aryl methyl sites for hydroxylation is 1. The lowest BCUT2D eigenvalue weighted by atomic mass is 9.69. The topological polar surface area (TPSA) is 148 Å². The average Bonchev–Trinajstić information content (AvgIpc) is 3.49. The zero-order valence-electron chi connectivity index (χ0n) is 31.5. The molecule has 276 valence electrons. The standard InChI is InChI=1S/C40H58N2O8/c1-20-16-22(3)33(23(4)17-20)39(45)48-37-28(9)35(41-30(37)12-11-13-32(43)44)27(8)36-29(10)38(31(42-36)15-14-26(7)50-47)49-40(46)34-24(5)18-21(2)19-25(34)6/h20-25,33-34,41,47H,7,11-19H2,1-6,8-10H3,(H,43,44). The number of carboxylic acid groups (broad SMARTS) is 1. The van der Waals surface area contributed by atoms with Crippen LogP contribution in [0.5, 0.6) is 5.75 Å². The third kappa shape index (κ3) is 8.79. The second-order valence-electron chi connectivity index (χ2n) is 15.8. The maximum Gasteiger partial charge on any atom is 0.314 e. The van der Waals surface area contributed by atoms with Crippen LogP contribution in [-0.4, -0.2) is 39.0 Å². The fourth-order valence-electron chi connectivity index (χ4n) is 9.14. The number of hydrogen-bond donors (Lipinski definition) is 3. The number of aliphatic imine (C=N–C) groups is 1. The fraction of sp³-hybridized carbons (Fsp3) is 0.650. The first-order chi connectivity index (χ1) is 23.5. The van der Waals surface area contributed by atoms with Crippen molar-refractivity contribution < 1.29 is 39.1 Å². The molecule has 2 aliphatic carbocycles. The highest BCUT2D eigenvalue weighted by molar-refractivity contribution is 6.06. The Balaban J connectivity index is 1.73. The number of nitrogens with zero attached hydrogens (tertiary/aromatic N) is 1. The van der Waals surface area contributed by atoms with Gasteiger partial charge in [-0.3, -0.25) is 14.4 Å². The third-order valence-electron chi connectivity index (χ3n) is 11.3.